The first kappa shape index (κ1) is 20.5. The quantitative estimate of drug-likeness (QED) is 0.394. The van der Waals surface area contributed by atoms with Crippen molar-refractivity contribution < 1.29 is 0 Å². The Hall–Kier alpha value is -1.57. The van der Waals surface area contributed by atoms with Crippen LogP contribution in [0.5, 0.6) is 0 Å². The van der Waals surface area contributed by atoms with Gasteiger partial charge in [0.25, 0.3) is 0 Å². The number of benzene rings is 1. The number of rotatable bonds is 7. The highest BCUT2D eigenvalue weighted by molar-refractivity contribution is 14.0. The predicted octanol–water partition coefficient (Wildman–Crippen LogP) is 3.26. The van der Waals surface area contributed by atoms with Crippen molar-refractivity contribution in [2.45, 2.75) is 33.4 Å². The molecule has 0 aliphatic heterocycles. The molecule has 2 rings (SSSR count). The van der Waals surface area contributed by atoms with Crippen LogP contribution < -0.4 is 10.6 Å². The van der Waals surface area contributed by atoms with Gasteiger partial charge in [-0.3, -0.25) is 4.99 Å². The maximum absolute atomic E-state index is 4.25. The molecule has 0 spiro atoms. The molecule has 2 aromatic rings. The van der Waals surface area contributed by atoms with Crippen molar-refractivity contribution in [3.8, 4) is 0 Å². The van der Waals surface area contributed by atoms with Crippen molar-refractivity contribution in [3.63, 3.8) is 0 Å². The smallest absolute Gasteiger partial charge is 0.191 e. The summed E-state index contributed by atoms with van der Waals surface area (Å²) in [5, 5.41) is 6.69. The summed E-state index contributed by atoms with van der Waals surface area (Å²) in [6, 6.07) is 8.62. The van der Waals surface area contributed by atoms with E-state index in [0.29, 0.717) is 5.92 Å². The van der Waals surface area contributed by atoms with Crippen LogP contribution in [0.25, 0.3) is 0 Å². The first-order valence-corrected chi connectivity index (χ1v) is 8.15. The Morgan fingerprint density at radius 2 is 1.88 bits per heavy atom. The number of hydrogen-bond acceptors (Lipinski definition) is 2. The maximum atomic E-state index is 4.25. The highest BCUT2D eigenvalue weighted by Gasteiger charge is 2.00. The lowest BCUT2D eigenvalue weighted by molar-refractivity contribution is 0.573. The SMILES string of the molecule is CN=C(NCCC(C)C)NCc1ccc(Cn2ccnc2)cc1.I. The Morgan fingerprint density at radius 3 is 2.46 bits per heavy atom. The molecule has 24 heavy (non-hydrogen) atoms. The molecule has 0 atom stereocenters. The number of hydrogen-bond donors (Lipinski definition) is 2. The third kappa shape index (κ3) is 7.33. The molecular weight excluding hydrogens is 413 g/mol. The second kappa shape index (κ2) is 11.1. The lowest BCUT2D eigenvalue weighted by Crippen LogP contribution is -2.37. The standard InChI is InChI=1S/C18H27N5.HI/c1-15(2)8-9-21-18(19-3)22-12-16-4-6-17(7-5-16)13-23-11-10-20-14-23;/h4-7,10-11,14-15H,8-9,12-13H2,1-3H3,(H2,19,21,22);1H. The van der Waals surface area contributed by atoms with Gasteiger partial charge in [0.2, 0.25) is 0 Å². The van der Waals surface area contributed by atoms with Crippen molar-refractivity contribution in [2.75, 3.05) is 13.6 Å². The number of aromatic nitrogens is 2. The average Bonchev–Trinajstić information content (AvgIpc) is 3.05. The van der Waals surface area contributed by atoms with Crippen LogP contribution in [0.3, 0.4) is 0 Å². The van der Waals surface area contributed by atoms with Gasteiger partial charge in [0.15, 0.2) is 5.96 Å². The van der Waals surface area contributed by atoms with Gasteiger partial charge < -0.3 is 15.2 Å². The predicted molar refractivity (Wildman–Crippen MR) is 111 cm³/mol. The van der Waals surface area contributed by atoms with Crippen LogP contribution >= 0.6 is 24.0 Å². The zero-order valence-corrected chi connectivity index (χ0v) is 17.0. The molecule has 0 unspecified atom stereocenters. The Labute approximate surface area is 162 Å². The zero-order chi connectivity index (χ0) is 16.5. The lowest BCUT2D eigenvalue weighted by Gasteiger charge is -2.13. The molecular formula is C18H28IN5. The van der Waals surface area contributed by atoms with Crippen LogP contribution in [0.4, 0.5) is 0 Å². The van der Waals surface area contributed by atoms with Crippen LogP contribution in [0.15, 0.2) is 48.0 Å². The summed E-state index contributed by atoms with van der Waals surface area (Å²) >= 11 is 0. The van der Waals surface area contributed by atoms with E-state index in [9.17, 15) is 0 Å². The summed E-state index contributed by atoms with van der Waals surface area (Å²) in [6.45, 7) is 7.02. The minimum Gasteiger partial charge on any atom is -0.356 e. The number of nitrogens with zero attached hydrogens (tertiary/aromatic N) is 3. The van der Waals surface area contributed by atoms with E-state index in [-0.39, 0.29) is 24.0 Å². The molecule has 1 heterocycles. The number of aliphatic imine (C=N–C) groups is 1. The fourth-order valence-electron chi connectivity index (χ4n) is 2.24. The molecule has 0 amide bonds. The van der Waals surface area contributed by atoms with E-state index in [2.05, 4.69) is 63.3 Å². The van der Waals surface area contributed by atoms with E-state index in [1.54, 1.807) is 13.2 Å². The van der Waals surface area contributed by atoms with Gasteiger partial charge in [0.05, 0.1) is 6.33 Å². The van der Waals surface area contributed by atoms with E-state index in [0.717, 1.165) is 32.0 Å². The average molecular weight is 441 g/mol. The van der Waals surface area contributed by atoms with Crippen molar-refractivity contribution >= 4 is 29.9 Å². The minimum absolute atomic E-state index is 0. The van der Waals surface area contributed by atoms with Gasteiger partial charge in [-0.15, -0.1) is 24.0 Å². The second-order valence-electron chi connectivity index (χ2n) is 6.09. The summed E-state index contributed by atoms with van der Waals surface area (Å²) in [7, 11) is 1.80. The summed E-state index contributed by atoms with van der Waals surface area (Å²) < 4.78 is 2.06. The topological polar surface area (TPSA) is 54.2 Å². The van der Waals surface area contributed by atoms with Crippen molar-refractivity contribution in [2.24, 2.45) is 10.9 Å². The minimum atomic E-state index is 0. The van der Waals surface area contributed by atoms with Crippen LogP contribution in [0.1, 0.15) is 31.4 Å². The summed E-state index contributed by atoms with van der Waals surface area (Å²) in [4.78, 5) is 8.31. The van der Waals surface area contributed by atoms with Crippen LogP contribution in [0, 0.1) is 5.92 Å². The molecule has 0 saturated heterocycles. The summed E-state index contributed by atoms with van der Waals surface area (Å²) in [5.74, 6) is 1.55. The number of guanidine groups is 1. The molecule has 132 valence electrons. The van der Waals surface area contributed by atoms with Crippen LogP contribution in [0.2, 0.25) is 0 Å². The third-order valence-electron chi connectivity index (χ3n) is 3.65. The molecule has 1 aromatic heterocycles. The largest absolute Gasteiger partial charge is 0.356 e. The van der Waals surface area contributed by atoms with E-state index in [4.69, 9.17) is 0 Å². The molecule has 0 aliphatic rings. The van der Waals surface area contributed by atoms with Gasteiger partial charge in [-0.05, 0) is 23.5 Å². The van der Waals surface area contributed by atoms with Gasteiger partial charge >= 0.3 is 0 Å². The van der Waals surface area contributed by atoms with E-state index >= 15 is 0 Å². The van der Waals surface area contributed by atoms with Gasteiger partial charge in [0, 0.05) is 39.1 Å². The molecule has 0 fully saturated rings. The fraction of sp³-hybridized carbons (Fsp3) is 0.444. The number of nitrogens with one attached hydrogen (secondary N) is 2. The third-order valence-corrected chi connectivity index (χ3v) is 3.65. The van der Waals surface area contributed by atoms with E-state index in [1.165, 1.54) is 11.1 Å². The molecule has 5 nitrogen and oxygen atoms in total. The molecule has 2 N–H and O–H groups in total. The maximum Gasteiger partial charge on any atom is 0.191 e. The fourth-order valence-corrected chi connectivity index (χ4v) is 2.24. The molecule has 0 aliphatic carbocycles. The normalized spacial score (nSPS) is 11.2. The summed E-state index contributed by atoms with van der Waals surface area (Å²) in [6.07, 6.45) is 6.75. The second-order valence-corrected chi connectivity index (χ2v) is 6.09. The van der Waals surface area contributed by atoms with Crippen molar-refractivity contribution in [3.05, 3.63) is 54.1 Å². The first-order chi connectivity index (χ1) is 11.2. The summed E-state index contributed by atoms with van der Waals surface area (Å²) in [5.41, 5.74) is 2.51. The highest BCUT2D eigenvalue weighted by atomic mass is 127. The number of halogens is 1. The van der Waals surface area contributed by atoms with Crippen molar-refractivity contribution in [1.29, 1.82) is 0 Å². The van der Waals surface area contributed by atoms with Crippen LogP contribution in [-0.2, 0) is 13.1 Å². The van der Waals surface area contributed by atoms with Crippen LogP contribution in [-0.4, -0.2) is 29.1 Å². The molecule has 0 radical (unpaired) electrons. The van der Waals surface area contributed by atoms with E-state index < -0.39 is 0 Å². The molecule has 0 bridgehead atoms. The Balaban J connectivity index is 0.00000288. The molecule has 6 heteroatoms. The van der Waals surface area contributed by atoms with Gasteiger partial charge in [-0.1, -0.05) is 38.1 Å². The van der Waals surface area contributed by atoms with Crippen molar-refractivity contribution in [1.82, 2.24) is 20.2 Å². The Morgan fingerprint density at radius 1 is 1.17 bits per heavy atom. The van der Waals surface area contributed by atoms with Gasteiger partial charge in [0.1, 0.15) is 0 Å². The Bertz CT molecular complexity index is 590. The zero-order valence-electron chi connectivity index (χ0n) is 14.7. The van der Waals surface area contributed by atoms with E-state index in [1.807, 2.05) is 12.5 Å². The first-order valence-electron chi connectivity index (χ1n) is 8.15. The van der Waals surface area contributed by atoms with Gasteiger partial charge in [-0.25, -0.2) is 4.98 Å². The monoisotopic (exact) mass is 441 g/mol. The van der Waals surface area contributed by atoms with Gasteiger partial charge in [-0.2, -0.15) is 0 Å². The highest BCUT2D eigenvalue weighted by Crippen LogP contribution is 2.06. The number of imidazole rings is 1. The molecule has 0 saturated carbocycles. The Kier molecular flexibility index (Phi) is 9.44. The molecule has 1 aromatic carbocycles. The lowest BCUT2D eigenvalue weighted by atomic mass is 10.1.